The highest BCUT2D eigenvalue weighted by molar-refractivity contribution is 7.18. The van der Waals surface area contributed by atoms with Crippen molar-refractivity contribution in [1.29, 1.82) is 0 Å². The first kappa shape index (κ1) is 17.0. The zero-order valence-corrected chi connectivity index (χ0v) is 16.2. The molecular weight excluding hydrogens is 348 g/mol. The molecule has 1 saturated heterocycles. The largest absolute Gasteiger partial charge is 0.369 e. The molecule has 3 aromatic heterocycles. The van der Waals surface area contributed by atoms with E-state index in [2.05, 4.69) is 34.2 Å². The van der Waals surface area contributed by atoms with Crippen LogP contribution in [0.25, 0.3) is 10.2 Å². The van der Waals surface area contributed by atoms with Gasteiger partial charge in [0.25, 0.3) is 0 Å². The van der Waals surface area contributed by atoms with Crippen LogP contribution in [0.3, 0.4) is 0 Å². The molecule has 0 radical (unpaired) electrons. The number of nitrogens with zero attached hydrogens (tertiary/aromatic N) is 5. The number of carbonyl (C=O) groups excluding carboxylic acids is 1. The molecular formula is C18H22N6OS. The molecule has 0 aliphatic carbocycles. The molecule has 0 spiro atoms. The number of aryl methyl sites for hydroxylation is 3. The Morgan fingerprint density at radius 3 is 2.85 bits per heavy atom. The number of rotatable bonds is 4. The predicted octanol–water partition coefficient (Wildman–Crippen LogP) is 2.67. The van der Waals surface area contributed by atoms with Crippen LogP contribution in [0.5, 0.6) is 0 Å². The van der Waals surface area contributed by atoms with Crippen molar-refractivity contribution in [3.8, 4) is 0 Å². The molecule has 4 heterocycles. The third kappa shape index (κ3) is 2.74. The van der Waals surface area contributed by atoms with Gasteiger partial charge in [0.05, 0.1) is 17.6 Å². The van der Waals surface area contributed by atoms with Gasteiger partial charge in [0.2, 0.25) is 5.91 Å². The highest BCUT2D eigenvalue weighted by atomic mass is 32.1. The van der Waals surface area contributed by atoms with Crippen molar-refractivity contribution in [2.45, 2.75) is 26.3 Å². The fraction of sp³-hybridized carbons (Fsp3) is 0.444. The number of thiophene rings is 1. The average Bonchev–Trinajstić information content (AvgIpc) is 3.24. The number of hydrogen-bond donors (Lipinski definition) is 1. The number of carbonyl (C=O) groups is 1. The number of hydrogen-bond acceptors (Lipinski definition) is 6. The maximum Gasteiger partial charge on any atom is 0.223 e. The Balaban J connectivity index is 1.60. The summed E-state index contributed by atoms with van der Waals surface area (Å²) < 4.78 is 1.78. The van der Waals surface area contributed by atoms with Gasteiger partial charge in [-0.05, 0) is 19.4 Å². The van der Waals surface area contributed by atoms with Gasteiger partial charge in [-0.1, -0.05) is 0 Å². The van der Waals surface area contributed by atoms with E-state index in [1.54, 1.807) is 22.3 Å². The van der Waals surface area contributed by atoms with Crippen LogP contribution in [-0.4, -0.2) is 44.1 Å². The van der Waals surface area contributed by atoms with Crippen LogP contribution >= 0.6 is 11.3 Å². The van der Waals surface area contributed by atoms with Crippen LogP contribution in [0, 0.1) is 19.8 Å². The molecule has 1 amide bonds. The van der Waals surface area contributed by atoms with Crippen LogP contribution in [0.2, 0.25) is 0 Å². The average molecular weight is 370 g/mol. The molecule has 0 unspecified atom stereocenters. The van der Waals surface area contributed by atoms with Crippen LogP contribution < -0.4 is 5.32 Å². The lowest BCUT2D eigenvalue weighted by molar-refractivity contribution is -0.127. The van der Waals surface area contributed by atoms with Crippen LogP contribution in [-0.2, 0) is 11.8 Å². The van der Waals surface area contributed by atoms with Crippen molar-refractivity contribution in [3.05, 3.63) is 34.7 Å². The Labute approximate surface area is 156 Å². The van der Waals surface area contributed by atoms with Crippen molar-refractivity contribution in [3.63, 3.8) is 0 Å². The molecule has 0 bridgehead atoms. The smallest absolute Gasteiger partial charge is 0.223 e. The lowest BCUT2D eigenvalue weighted by Gasteiger charge is -2.24. The summed E-state index contributed by atoms with van der Waals surface area (Å²) in [7, 11) is 3.77. The Kier molecular flexibility index (Phi) is 4.14. The fourth-order valence-corrected chi connectivity index (χ4v) is 4.76. The van der Waals surface area contributed by atoms with Crippen LogP contribution in [0.1, 0.15) is 28.5 Å². The third-order valence-corrected chi connectivity index (χ3v) is 6.37. The van der Waals surface area contributed by atoms with Crippen molar-refractivity contribution < 1.29 is 4.79 Å². The van der Waals surface area contributed by atoms with E-state index in [-0.39, 0.29) is 17.9 Å². The molecule has 26 heavy (non-hydrogen) atoms. The van der Waals surface area contributed by atoms with Gasteiger partial charge < -0.3 is 10.2 Å². The van der Waals surface area contributed by atoms with E-state index >= 15 is 0 Å². The molecule has 1 fully saturated rings. The molecule has 0 aromatic carbocycles. The molecule has 136 valence electrons. The maximum atomic E-state index is 12.3. The minimum atomic E-state index is 0.0336. The minimum absolute atomic E-state index is 0.0336. The highest BCUT2D eigenvalue weighted by Crippen LogP contribution is 2.38. The zero-order chi connectivity index (χ0) is 18.4. The van der Waals surface area contributed by atoms with Crippen LogP contribution in [0.4, 0.5) is 5.82 Å². The normalized spacial score (nSPS) is 20.3. The van der Waals surface area contributed by atoms with E-state index in [0.717, 1.165) is 21.6 Å². The van der Waals surface area contributed by atoms with Gasteiger partial charge in [0.1, 0.15) is 17.0 Å². The number of aromatic nitrogens is 4. The molecule has 1 aliphatic rings. The maximum absolute atomic E-state index is 12.3. The van der Waals surface area contributed by atoms with E-state index in [0.29, 0.717) is 13.0 Å². The molecule has 3 aromatic rings. The first-order valence-corrected chi connectivity index (χ1v) is 9.46. The molecule has 1 aliphatic heterocycles. The lowest BCUT2D eigenvalue weighted by Crippen LogP contribution is -2.26. The Morgan fingerprint density at radius 1 is 1.31 bits per heavy atom. The van der Waals surface area contributed by atoms with Gasteiger partial charge in [-0.2, -0.15) is 5.10 Å². The molecule has 0 saturated carbocycles. The van der Waals surface area contributed by atoms with Gasteiger partial charge in [-0.3, -0.25) is 9.48 Å². The van der Waals surface area contributed by atoms with Crippen molar-refractivity contribution in [2.75, 3.05) is 18.9 Å². The summed E-state index contributed by atoms with van der Waals surface area (Å²) in [5.74, 6) is 1.19. The Hall–Kier alpha value is -2.48. The second kappa shape index (κ2) is 6.35. The van der Waals surface area contributed by atoms with Gasteiger partial charge >= 0.3 is 0 Å². The molecule has 7 nitrogen and oxygen atoms in total. The second-order valence-corrected chi connectivity index (χ2v) is 8.13. The van der Waals surface area contributed by atoms with E-state index in [1.807, 2.05) is 31.4 Å². The van der Waals surface area contributed by atoms with E-state index in [4.69, 9.17) is 0 Å². The molecule has 8 heteroatoms. The first-order valence-electron chi connectivity index (χ1n) is 8.64. The van der Waals surface area contributed by atoms with Gasteiger partial charge in [-0.25, -0.2) is 9.97 Å². The van der Waals surface area contributed by atoms with Crippen molar-refractivity contribution in [1.82, 2.24) is 24.6 Å². The predicted molar refractivity (Wildman–Crippen MR) is 102 cm³/mol. The standard InChI is InChI=1S/C18H22N6OS/c1-10-11(2)26-18-15(10)17(20-9-21-18)19-6-12-5-14(25)24(4)16(12)13-7-22-23(3)8-13/h7-9,12,16H,5-6H2,1-4H3,(H,19,20,21)/t12-,16+/m1/s1. The third-order valence-electron chi connectivity index (χ3n) is 5.26. The molecule has 1 N–H and O–H groups in total. The summed E-state index contributed by atoms with van der Waals surface area (Å²) in [5.41, 5.74) is 2.29. The van der Waals surface area contributed by atoms with E-state index < -0.39 is 0 Å². The van der Waals surface area contributed by atoms with Crippen molar-refractivity contribution >= 4 is 33.3 Å². The zero-order valence-electron chi connectivity index (χ0n) is 15.4. The lowest BCUT2D eigenvalue weighted by atomic mass is 9.95. The first-order chi connectivity index (χ1) is 12.5. The van der Waals surface area contributed by atoms with Crippen molar-refractivity contribution in [2.24, 2.45) is 13.0 Å². The number of nitrogens with one attached hydrogen (secondary N) is 1. The fourth-order valence-electron chi connectivity index (χ4n) is 3.77. The number of anilines is 1. The Bertz CT molecular complexity index is 977. The quantitative estimate of drug-likeness (QED) is 0.764. The van der Waals surface area contributed by atoms with Gasteiger partial charge in [0.15, 0.2) is 0 Å². The minimum Gasteiger partial charge on any atom is -0.369 e. The Morgan fingerprint density at radius 2 is 2.12 bits per heavy atom. The number of likely N-dealkylation sites (tertiary alicyclic amines) is 1. The van der Waals surface area contributed by atoms with Gasteiger partial charge in [0, 0.05) is 49.6 Å². The number of fused-ring (bicyclic) bond motifs is 1. The molecule has 4 rings (SSSR count). The monoisotopic (exact) mass is 370 g/mol. The van der Waals surface area contributed by atoms with Gasteiger partial charge in [-0.15, -0.1) is 11.3 Å². The topological polar surface area (TPSA) is 75.9 Å². The summed E-state index contributed by atoms with van der Waals surface area (Å²) >= 11 is 1.69. The highest BCUT2D eigenvalue weighted by Gasteiger charge is 2.39. The summed E-state index contributed by atoms with van der Waals surface area (Å²) in [5, 5.41) is 8.84. The van der Waals surface area contributed by atoms with E-state index in [9.17, 15) is 4.79 Å². The number of amides is 1. The second-order valence-electron chi connectivity index (χ2n) is 6.93. The molecule has 2 atom stereocenters. The summed E-state index contributed by atoms with van der Waals surface area (Å²) in [4.78, 5) is 25.2. The summed E-state index contributed by atoms with van der Waals surface area (Å²) in [6.45, 7) is 4.89. The summed E-state index contributed by atoms with van der Waals surface area (Å²) in [6, 6.07) is 0.0336. The van der Waals surface area contributed by atoms with Crippen LogP contribution in [0.15, 0.2) is 18.7 Å². The van der Waals surface area contributed by atoms with E-state index in [1.165, 1.54) is 10.4 Å². The SMILES string of the molecule is Cc1sc2ncnc(NC[C@H]3CC(=O)N(C)[C@@H]3c3cnn(C)c3)c2c1C. The summed E-state index contributed by atoms with van der Waals surface area (Å²) in [6.07, 6.45) is 5.97.